The van der Waals surface area contributed by atoms with E-state index in [0.717, 1.165) is 42.9 Å². The Bertz CT molecular complexity index is 815. The molecule has 1 fully saturated rings. The molecule has 8 heteroatoms. The molecular weight excluding hydrogens is 519 g/mol. The number of rotatable bonds is 9. The maximum atomic E-state index is 4.49. The third-order valence-electron chi connectivity index (χ3n) is 5.95. The summed E-state index contributed by atoms with van der Waals surface area (Å²) < 4.78 is 2.40. The highest BCUT2D eigenvalue weighted by molar-refractivity contribution is 14.0. The summed E-state index contributed by atoms with van der Waals surface area (Å²) in [6, 6.07) is 11.2. The van der Waals surface area contributed by atoms with Crippen LogP contribution < -0.4 is 10.6 Å². The molecule has 172 valence electrons. The Morgan fingerprint density at radius 2 is 1.87 bits per heavy atom. The maximum absolute atomic E-state index is 4.49. The Morgan fingerprint density at radius 3 is 2.52 bits per heavy atom. The van der Waals surface area contributed by atoms with Gasteiger partial charge in [0.25, 0.3) is 0 Å². The lowest BCUT2D eigenvalue weighted by atomic mass is 9.85. The molecule has 0 spiro atoms. The molecule has 1 saturated carbocycles. The van der Waals surface area contributed by atoms with E-state index >= 15 is 0 Å². The van der Waals surface area contributed by atoms with Crippen molar-refractivity contribution in [1.29, 1.82) is 0 Å². The van der Waals surface area contributed by atoms with Gasteiger partial charge in [0.05, 0.1) is 0 Å². The third-order valence-corrected chi connectivity index (χ3v) is 6.60. The summed E-state index contributed by atoms with van der Waals surface area (Å²) in [5.41, 5.74) is 1.36. The van der Waals surface area contributed by atoms with Crippen molar-refractivity contribution in [1.82, 2.24) is 25.4 Å². The van der Waals surface area contributed by atoms with Crippen LogP contribution in [-0.2, 0) is 11.8 Å². The van der Waals surface area contributed by atoms with Crippen LogP contribution >= 0.6 is 35.7 Å². The van der Waals surface area contributed by atoms with Crippen LogP contribution in [0.5, 0.6) is 0 Å². The molecule has 1 aliphatic rings. The van der Waals surface area contributed by atoms with Crippen LogP contribution in [0.1, 0.15) is 63.4 Å². The molecule has 2 N–H and O–H groups in total. The Labute approximate surface area is 208 Å². The lowest BCUT2D eigenvalue weighted by molar-refractivity contribution is 0.460. The molecule has 0 saturated heterocycles. The minimum Gasteiger partial charge on any atom is -0.356 e. The first kappa shape index (κ1) is 26.0. The number of guanidine groups is 1. The van der Waals surface area contributed by atoms with Crippen LogP contribution in [0.15, 0.2) is 40.5 Å². The number of hydrogen-bond donors (Lipinski definition) is 2. The van der Waals surface area contributed by atoms with E-state index in [1.807, 2.05) is 7.05 Å². The summed E-state index contributed by atoms with van der Waals surface area (Å²) in [4.78, 5) is 4.39. The van der Waals surface area contributed by atoms with E-state index in [1.54, 1.807) is 11.8 Å². The van der Waals surface area contributed by atoms with E-state index in [0.29, 0.717) is 6.04 Å². The minimum absolute atomic E-state index is 0. The molecule has 31 heavy (non-hydrogen) atoms. The van der Waals surface area contributed by atoms with Crippen molar-refractivity contribution in [3.8, 4) is 0 Å². The van der Waals surface area contributed by atoms with E-state index in [2.05, 4.69) is 80.8 Å². The van der Waals surface area contributed by atoms with E-state index in [-0.39, 0.29) is 29.4 Å². The van der Waals surface area contributed by atoms with Crippen molar-refractivity contribution in [2.45, 2.75) is 69.0 Å². The van der Waals surface area contributed by atoms with Crippen LogP contribution in [0.25, 0.3) is 0 Å². The zero-order valence-corrected chi connectivity index (χ0v) is 22.4. The first-order valence-corrected chi connectivity index (χ1v) is 12.3. The van der Waals surface area contributed by atoms with Gasteiger partial charge in [-0.1, -0.05) is 68.8 Å². The first-order valence-electron chi connectivity index (χ1n) is 11.0. The largest absolute Gasteiger partial charge is 0.356 e. The third kappa shape index (κ3) is 7.10. The molecule has 0 aliphatic heterocycles. The number of aliphatic imine (C=N–C) groups is 1. The monoisotopic (exact) mass is 556 g/mol. The Morgan fingerprint density at radius 1 is 1.16 bits per heavy atom. The van der Waals surface area contributed by atoms with Crippen LogP contribution in [0.4, 0.5) is 0 Å². The second-order valence-corrected chi connectivity index (χ2v) is 9.39. The molecule has 0 bridgehead atoms. The highest BCUT2D eigenvalue weighted by Gasteiger charge is 2.23. The summed E-state index contributed by atoms with van der Waals surface area (Å²) in [5, 5.41) is 16.9. The zero-order valence-electron chi connectivity index (χ0n) is 19.2. The van der Waals surface area contributed by atoms with E-state index in [9.17, 15) is 0 Å². The number of nitrogens with one attached hydrogen (secondary N) is 2. The van der Waals surface area contributed by atoms with Gasteiger partial charge >= 0.3 is 0 Å². The summed E-state index contributed by atoms with van der Waals surface area (Å²) in [5.74, 6) is 1.97. The predicted molar refractivity (Wildman–Crippen MR) is 142 cm³/mol. The lowest BCUT2D eigenvalue weighted by Gasteiger charge is -2.26. The van der Waals surface area contributed by atoms with E-state index in [4.69, 9.17) is 0 Å². The minimum atomic E-state index is 0. The summed E-state index contributed by atoms with van der Waals surface area (Å²) >= 11 is 1.70. The van der Waals surface area contributed by atoms with Gasteiger partial charge < -0.3 is 15.2 Å². The normalized spacial score (nSPS) is 15.0. The van der Waals surface area contributed by atoms with Crippen LogP contribution in [0, 0.1) is 0 Å². The van der Waals surface area contributed by atoms with Gasteiger partial charge in [-0.25, -0.2) is 0 Å². The fourth-order valence-electron chi connectivity index (χ4n) is 4.12. The predicted octanol–water partition coefficient (Wildman–Crippen LogP) is 4.81. The maximum Gasteiger partial charge on any atom is 0.191 e. The van der Waals surface area contributed by atoms with Crippen LogP contribution in [-0.4, -0.2) is 47.1 Å². The van der Waals surface area contributed by atoms with Crippen molar-refractivity contribution in [2.24, 2.45) is 4.99 Å². The lowest BCUT2D eigenvalue weighted by Crippen LogP contribution is -2.43. The molecule has 0 radical (unpaired) electrons. The van der Waals surface area contributed by atoms with Crippen molar-refractivity contribution >= 4 is 41.7 Å². The Hall–Kier alpha value is -1.29. The van der Waals surface area contributed by atoms with Crippen molar-refractivity contribution in [2.75, 3.05) is 26.4 Å². The molecule has 1 aliphatic carbocycles. The molecule has 3 rings (SSSR count). The Balaban J connectivity index is 0.00000341. The smallest absolute Gasteiger partial charge is 0.191 e. The Kier molecular flexibility index (Phi) is 10.6. The summed E-state index contributed by atoms with van der Waals surface area (Å²) in [6.45, 7) is 6.19. The molecular formula is C23H37IN6S. The van der Waals surface area contributed by atoms with Crippen molar-refractivity contribution in [3.63, 3.8) is 0 Å². The van der Waals surface area contributed by atoms with Crippen molar-refractivity contribution in [3.05, 3.63) is 41.7 Å². The number of thioether (sulfide) groups is 1. The fraction of sp³-hybridized carbons (Fsp3) is 0.609. The molecule has 6 nitrogen and oxygen atoms in total. The number of nitrogens with zero attached hydrogens (tertiary/aromatic N) is 4. The molecule has 1 aromatic heterocycles. The molecule has 0 atom stereocenters. The molecule has 1 aromatic carbocycles. The average Bonchev–Trinajstić information content (AvgIpc) is 3.43. The van der Waals surface area contributed by atoms with E-state index in [1.165, 1.54) is 31.2 Å². The molecule has 0 unspecified atom stereocenters. The standard InChI is InChI=1S/C23H36N6S.HI/c1-23(2,18-11-6-5-7-12-18)17-26-21(24-3)25-16-10-15-20-27-28-22(30-4)29(20)19-13-8-9-14-19;/h5-7,11-12,19H,8-10,13-17H2,1-4H3,(H2,24,25,26);1H. The van der Waals surface area contributed by atoms with Gasteiger partial charge in [-0.3, -0.25) is 4.99 Å². The second-order valence-electron chi connectivity index (χ2n) is 8.62. The van der Waals surface area contributed by atoms with Gasteiger partial charge in [0.2, 0.25) is 0 Å². The van der Waals surface area contributed by atoms with Gasteiger partial charge in [0.1, 0.15) is 5.82 Å². The second kappa shape index (κ2) is 12.7. The number of hydrogen-bond acceptors (Lipinski definition) is 4. The summed E-state index contributed by atoms with van der Waals surface area (Å²) in [6.07, 6.45) is 9.17. The number of benzene rings is 1. The topological polar surface area (TPSA) is 67.1 Å². The quantitative estimate of drug-likeness (QED) is 0.153. The molecule has 0 amide bonds. The highest BCUT2D eigenvalue weighted by Crippen LogP contribution is 2.33. The molecule has 2 aromatic rings. The SMILES string of the molecule is CN=C(NCCCc1nnc(SC)n1C1CCCC1)NCC(C)(C)c1ccccc1.I. The van der Waals surface area contributed by atoms with Gasteiger partial charge in [-0.15, -0.1) is 34.2 Å². The van der Waals surface area contributed by atoms with Gasteiger partial charge in [-0.2, -0.15) is 0 Å². The zero-order chi connectivity index (χ0) is 21.4. The molecule has 1 heterocycles. The summed E-state index contributed by atoms with van der Waals surface area (Å²) in [7, 11) is 1.83. The highest BCUT2D eigenvalue weighted by atomic mass is 127. The van der Waals surface area contributed by atoms with Crippen LogP contribution in [0.2, 0.25) is 0 Å². The van der Waals surface area contributed by atoms with Gasteiger partial charge in [0, 0.05) is 38.0 Å². The van der Waals surface area contributed by atoms with Crippen LogP contribution in [0.3, 0.4) is 0 Å². The van der Waals surface area contributed by atoms with Crippen molar-refractivity contribution < 1.29 is 0 Å². The van der Waals surface area contributed by atoms with Gasteiger partial charge in [0.15, 0.2) is 11.1 Å². The first-order chi connectivity index (χ1) is 14.5. The fourth-order valence-corrected chi connectivity index (χ4v) is 4.69. The number of aryl methyl sites for hydroxylation is 1. The number of halogens is 1. The average molecular weight is 557 g/mol. The number of aromatic nitrogens is 3. The van der Waals surface area contributed by atoms with E-state index < -0.39 is 0 Å². The van der Waals surface area contributed by atoms with Gasteiger partial charge in [-0.05, 0) is 31.1 Å².